The molecule has 152 valence electrons. The number of morpholine rings is 1. The van der Waals surface area contributed by atoms with Crippen molar-refractivity contribution in [2.45, 2.75) is 70.8 Å². The first-order valence-corrected chi connectivity index (χ1v) is 10.8. The quantitative estimate of drug-likeness (QED) is 0.553. The van der Waals surface area contributed by atoms with E-state index in [4.69, 9.17) is 4.74 Å². The number of carbonyl (C=O) groups excluding carboxylic acids is 1. The molecule has 4 nitrogen and oxygen atoms in total. The molecule has 1 amide bonds. The standard InChI is InChI=1S/C23H38N2O2/c1-3-4-5-6-7-11-14-23(26)24-22(19-25-15-17-27-18-16-25)20(2)21-12-9-8-10-13-21/h8-10,12-13,20,22H,3-7,11,14-19H2,1-2H3,(H,24,26)/t20-,22-/m1/s1. The number of hydrogen-bond donors (Lipinski definition) is 1. The van der Waals surface area contributed by atoms with E-state index >= 15 is 0 Å². The summed E-state index contributed by atoms with van der Waals surface area (Å²) in [4.78, 5) is 15.0. The highest BCUT2D eigenvalue weighted by Gasteiger charge is 2.24. The second-order valence-corrected chi connectivity index (χ2v) is 7.80. The Hall–Kier alpha value is -1.39. The van der Waals surface area contributed by atoms with Gasteiger partial charge in [-0.15, -0.1) is 0 Å². The molecule has 0 spiro atoms. The summed E-state index contributed by atoms with van der Waals surface area (Å²) in [6.45, 7) is 8.83. The molecule has 4 heteroatoms. The maximum absolute atomic E-state index is 12.6. The molecule has 1 heterocycles. The average Bonchev–Trinajstić information content (AvgIpc) is 2.71. The van der Waals surface area contributed by atoms with Crippen molar-refractivity contribution in [2.24, 2.45) is 0 Å². The van der Waals surface area contributed by atoms with Crippen LogP contribution in [0.5, 0.6) is 0 Å². The smallest absolute Gasteiger partial charge is 0.220 e. The molecule has 1 aliphatic heterocycles. The van der Waals surface area contributed by atoms with E-state index in [1.807, 2.05) is 6.07 Å². The van der Waals surface area contributed by atoms with Crippen LogP contribution in [0.3, 0.4) is 0 Å². The van der Waals surface area contributed by atoms with Crippen LogP contribution in [0.15, 0.2) is 30.3 Å². The van der Waals surface area contributed by atoms with Gasteiger partial charge in [0.2, 0.25) is 5.91 Å². The maximum atomic E-state index is 12.6. The molecule has 1 aromatic rings. The molecule has 27 heavy (non-hydrogen) atoms. The van der Waals surface area contributed by atoms with Crippen LogP contribution in [0.4, 0.5) is 0 Å². The first-order valence-electron chi connectivity index (χ1n) is 10.8. The number of rotatable bonds is 12. The van der Waals surface area contributed by atoms with Crippen molar-refractivity contribution in [3.63, 3.8) is 0 Å². The first-order chi connectivity index (χ1) is 13.2. The van der Waals surface area contributed by atoms with Crippen molar-refractivity contribution in [3.05, 3.63) is 35.9 Å². The summed E-state index contributed by atoms with van der Waals surface area (Å²) in [7, 11) is 0. The number of carbonyl (C=O) groups is 1. The van der Waals surface area contributed by atoms with Gasteiger partial charge in [0.05, 0.1) is 13.2 Å². The molecule has 2 rings (SSSR count). The minimum absolute atomic E-state index is 0.137. The van der Waals surface area contributed by atoms with Gasteiger partial charge < -0.3 is 10.1 Å². The predicted octanol–water partition coefficient (Wildman–Crippen LogP) is 4.36. The first kappa shape index (κ1) is 21.9. The number of hydrogen-bond acceptors (Lipinski definition) is 3. The van der Waals surface area contributed by atoms with Gasteiger partial charge in [-0.3, -0.25) is 9.69 Å². The fourth-order valence-electron chi connectivity index (χ4n) is 3.72. The lowest BCUT2D eigenvalue weighted by Crippen LogP contribution is -2.49. The summed E-state index contributed by atoms with van der Waals surface area (Å²) in [5.41, 5.74) is 1.29. The van der Waals surface area contributed by atoms with Crippen LogP contribution in [0, 0.1) is 0 Å². The van der Waals surface area contributed by atoms with Crippen LogP contribution in [-0.2, 0) is 9.53 Å². The number of nitrogens with one attached hydrogen (secondary N) is 1. The van der Waals surface area contributed by atoms with Crippen molar-refractivity contribution in [3.8, 4) is 0 Å². The van der Waals surface area contributed by atoms with Crippen molar-refractivity contribution in [1.29, 1.82) is 0 Å². The van der Waals surface area contributed by atoms with Crippen LogP contribution >= 0.6 is 0 Å². The minimum atomic E-state index is 0.137. The Morgan fingerprint density at radius 1 is 1.07 bits per heavy atom. The van der Waals surface area contributed by atoms with E-state index in [-0.39, 0.29) is 11.9 Å². The Labute approximate surface area is 165 Å². The van der Waals surface area contributed by atoms with E-state index < -0.39 is 0 Å². The Kier molecular flexibility index (Phi) is 10.5. The van der Waals surface area contributed by atoms with Crippen LogP contribution in [0.2, 0.25) is 0 Å². The van der Waals surface area contributed by atoms with E-state index in [2.05, 4.69) is 48.3 Å². The van der Waals surface area contributed by atoms with E-state index in [1.165, 1.54) is 31.2 Å². The SMILES string of the molecule is CCCCCCCCC(=O)N[C@H](CN1CCOCC1)[C@H](C)c1ccccc1. The van der Waals surface area contributed by atoms with Gasteiger partial charge in [0.15, 0.2) is 0 Å². The molecule has 2 atom stereocenters. The molecule has 0 unspecified atom stereocenters. The molecule has 1 aliphatic rings. The molecule has 1 aromatic carbocycles. The zero-order valence-electron chi connectivity index (χ0n) is 17.3. The lowest BCUT2D eigenvalue weighted by atomic mass is 9.92. The van der Waals surface area contributed by atoms with Gasteiger partial charge in [-0.05, 0) is 12.0 Å². The lowest BCUT2D eigenvalue weighted by molar-refractivity contribution is -0.122. The summed E-state index contributed by atoms with van der Waals surface area (Å²) in [5.74, 6) is 0.495. The molecule has 0 bridgehead atoms. The van der Waals surface area contributed by atoms with Crippen molar-refractivity contribution < 1.29 is 9.53 Å². The molecule has 1 saturated heterocycles. The zero-order valence-corrected chi connectivity index (χ0v) is 17.3. The molecule has 0 saturated carbocycles. The second-order valence-electron chi connectivity index (χ2n) is 7.80. The Balaban J connectivity index is 1.85. The second kappa shape index (κ2) is 12.9. The summed E-state index contributed by atoms with van der Waals surface area (Å²) < 4.78 is 5.47. The third-order valence-corrected chi connectivity index (χ3v) is 5.59. The van der Waals surface area contributed by atoms with Gasteiger partial charge in [0, 0.05) is 38.0 Å². The predicted molar refractivity (Wildman–Crippen MR) is 112 cm³/mol. The number of nitrogens with zero attached hydrogens (tertiary/aromatic N) is 1. The number of amides is 1. The van der Waals surface area contributed by atoms with Crippen molar-refractivity contribution >= 4 is 5.91 Å². The minimum Gasteiger partial charge on any atom is -0.379 e. The molecule has 0 aromatic heterocycles. The maximum Gasteiger partial charge on any atom is 0.220 e. The Bertz CT molecular complexity index is 514. The highest BCUT2D eigenvalue weighted by atomic mass is 16.5. The summed E-state index contributed by atoms with van der Waals surface area (Å²) >= 11 is 0. The van der Waals surface area contributed by atoms with Gasteiger partial charge in [-0.1, -0.05) is 76.3 Å². The third kappa shape index (κ3) is 8.44. The topological polar surface area (TPSA) is 41.6 Å². The van der Waals surface area contributed by atoms with Gasteiger partial charge in [-0.2, -0.15) is 0 Å². The van der Waals surface area contributed by atoms with Gasteiger partial charge in [0.1, 0.15) is 0 Å². The number of unbranched alkanes of at least 4 members (excludes halogenated alkanes) is 5. The van der Waals surface area contributed by atoms with Gasteiger partial charge in [-0.25, -0.2) is 0 Å². The van der Waals surface area contributed by atoms with E-state index in [9.17, 15) is 4.79 Å². The zero-order chi connectivity index (χ0) is 19.3. The molecule has 0 aliphatic carbocycles. The third-order valence-electron chi connectivity index (χ3n) is 5.59. The molecular formula is C23H38N2O2. The van der Waals surface area contributed by atoms with E-state index in [1.54, 1.807) is 0 Å². The highest BCUT2D eigenvalue weighted by Crippen LogP contribution is 2.20. The average molecular weight is 375 g/mol. The summed E-state index contributed by atoms with van der Waals surface area (Å²) in [6.07, 6.45) is 7.92. The number of benzene rings is 1. The summed E-state index contributed by atoms with van der Waals surface area (Å²) in [6, 6.07) is 10.7. The van der Waals surface area contributed by atoms with Crippen LogP contribution in [0.25, 0.3) is 0 Å². The largest absolute Gasteiger partial charge is 0.379 e. The fourth-order valence-corrected chi connectivity index (χ4v) is 3.72. The summed E-state index contributed by atoms with van der Waals surface area (Å²) in [5, 5.41) is 3.34. The van der Waals surface area contributed by atoms with Gasteiger partial charge in [0.25, 0.3) is 0 Å². The van der Waals surface area contributed by atoms with Crippen molar-refractivity contribution in [2.75, 3.05) is 32.8 Å². The van der Waals surface area contributed by atoms with E-state index in [0.29, 0.717) is 12.3 Å². The fraction of sp³-hybridized carbons (Fsp3) is 0.696. The molecule has 0 radical (unpaired) electrons. The Morgan fingerprint density at radius 3 is 2.44 bits per heavy atom. The monoisotopic (exact) mass is 374 g/mol. The number of ether oxygens (including phenoxy) is 1. The van der Waals surface area contributed by atoms with E-state index in [0.717, 1.165) is 45.7 Å². The van der Waals surface area contributed by atoms with Crippen LogP contribution in [0.1, 0.15) is 70.3 Å². The normalized spacial score (nSPS) is 17.4. The van der Waals surface area contributed by atoms with Crippen molar-refractivity contribution in [1.82, 2.24) is 10.2 Å². The van der Waals surface area contributed by atoms with Gasteiger partial charge >= 0.3 is 0 Å². The molecule has 1 fully saturated rings. The highest BCUT2D eigenvalue weighted by molar-refractivity contribution is 5.76. The van der Waals surface area contributed by atoms with Crippen LogP contribution in [-0.4, -0.2) is 49.7 Å². The Morgan fingerprint density at radius 2 is 1.74 bits per heavy atom. The molecule has 1 N–H and O–H groups in total. The molecular weight excluding hydrogens is 336 g/mol. The van der Waals surface area contributed by atoms with Crippen LogP contribution < -0.4 is 5.32 Å². The lowest BCUT2D eigenvalue weighted by Gasteiger charge is -2.33.